The summed E-state index contributed by atoms with van der Waals surface area (Å²) in [4.78, 5) is 14.7. The van der Waals surface area contributed by atoms with E-state index in [0.29, 0.717) is 19.0 Å². The van der Waals surface area contributed by atoms with E-state index in [0.717, 1.165) is 19.4 Å². The summed E-state index contributed by atoms with van der Waals surface area (Å²) in [5.74, 6) is 0.178. The van der Waals surface area contributed by atoms with Gasteiger partial charge >= 0.3 is 0 Å². The fraction of sp³-hybridized carbons (Fsp3) is 0.929. The number of hydrogen-bond donors (Lipinski definition) is 1. The van der Waals surface area contributed by atoms with Crippen molar-refractivity contribution < 1.29 is 10.0 Å². The largest absolute Gasteiger partial charge is 0.762 e. The number of carbonyl (C=O) groups is 1. The number of carbonyl (C=O) groups excluding carboxylic acids is 1. The van der Waals surface area contributed by atoms with Crippen molar-refractivity contribution >= 4 is 28.4 Å². The highest BCUT2D eigenvalue weighted by Crippen LogP contribution is 2.33. The van der Waals surface area contributed by atoms with Crippen LogP contribution in [0.4, 0.5) is 0 Å². The first-order valence-corrected chi connectivity index (χ1v) is 8.79. The summed E-state index contributed by atoms with van der Waals surface area (Å²) in [6.45, 7) is 3.70. The average molecular weight is 395 g/mol. The maximum atomic E-state index is 12.4. The van der Waals surface area contributed by atoms with Crippen molar-refractivity contribution in [2.24, 2.45) is 5.92 Å². The van der Waals surface area contributed by atoms with Crippen molar-refractivity contribution in [2.75, 3.05) is 13.1 Å². The molecular weight excluding hydrogens is 371 g/mol. The van der Waals surface area contributed by atoms with Gasteiger partial charge in [0.2, 0.25) is 0 Å². The molecule has 0 amide bonds. The van der Waals surface area contributed by atoms with Crippen LogP contribution in [-0.4, -0.2) is 50.2 Å². The van der Waals surface area contributed by atoms with Gasteiger partial charge in [0, 0.05) is 21.9 Å². The minimum absolute atomic E-state index is 0.0556. The van der Waals surface area contributed by atoms with E-state index in [1.165, 1.54) is 19.3 Å². The summed E-state index contributed by atoms with van der Waals surface area (Å²) in [6, 6.07) is 0.0512. The van der Waals surface area contributed by atoms with Gasteiger partial charge in [-0.2, -0.15) is 0 Å². The molecule has 0 aromatic carbocycles. The molecule has 2 aliphatic rings. The average Bonchev–Trinajstić information content (AvgIpc) is 2.41. The van der Waals surface area contributed by atoms with Crippen LogP contribution in [0, 0.1) is 11.1 Å². The second kappa shape index (κ2) is 7.49. The molecule has 1 saturated carbocycles. The van der Waals surface area contributed by atoms with E-state index in [-0.39, 0.29) is 20.9 Å². The third-order valence-corrected chi connectivity index (χ3v) is 6.23. The van der Waals surface area contributed by atoms with Gasteiger partial charge in [-0.25, -0.2) is 0 Å². The van der Waals surface area contributed by atoms with Gasteiger partial charge in [-0.05, 0) is 45.6 Å². The van der Waals surface area contributed by atoms with Crippen LogP contribution in [0.25, 0.3) is 0 Å². The molecule has 0 aromatic rings. The minimum atomic E-state index is -0.433. The standard InChI is InChI=1S/C14H24IN2O3/c1-10-4-2-3-7-16(10)9-14(18)11-5-6-12(15)13(8-11)17(19)20/h10-13,19H,2-9H2,1H3/q-1. The van der Waals surface area contributed by atoms with E-state index in [2.05, 4.69) is 34.4 Å². The Hall–Kier alpha value is 0.240. The topological polar surface area (TPSA) is 66.8 Å². The summed E-state index contributed by atoms with van der Waals surface area (Å²) in [5.41, 5.74) is 0. The number of halogens is 1. The normalized spacial score (nSPS) is 36.2. The maximum absolute atomic E-state index is 12.4. The SMILES string of the molecule is CC1CCCCN1CC(=O)C1CCC(I)C(N([O-])O)C1. The van der Waals surface area contributed by atoms with Crippen molar-refractivity contribution in [2.45, 2.75) is 61.5 Å². The monoisotopic (exact) mass is 395 g/mol. The van der Waals surface area contributed by atoms with Crippen molar-refractivity contribution in [3.8, 4) is 0 Å². The molecule has 6 heteroatoms. The Labute approximate surface area is 134 Å². The number of hydroxylamine groups is 2. The number of rotatable bonds is 4. The third kappa shape index (κ3) is 4.13. The lowest BCUT2D eigenvalue weighted by Gasteiger charge is -2.41. The Kier molecular flexibility index (Phi) is 6.22. The van der Waals surface area contributed by atoms with E-state index in [1.54, 1.807) is 0 Å². The van der Waals surface area contributed by atoms with Crippen LogP contribution in [0.15, 0.2) is 0 Å². The van der Waals surface area contributed by atoms with Crippen LogP contribution < -0.4 is 0 Å². The number of ketones is 1. The van der Waals surface area contributed by atoms with Crippen LogP contribution in [0.2, 0.25) is 0 Å². The van der Waals surface area contributed by atoms with Gasteiger partial charge in [-0.1, -0.05) is 29.0 Å². The van der Waals surface area contributed by atoms with Crippen molar-refractivity contribution in [3.05, 3.63) is 5.21 Å². The van der Waals surface area contributed by atoms with Gasteiger partial charge in [0.05, 0.1) is 6.54 Å². The predicted octanol–water partition coefficient (Wildman–Crippen LogP) is 2.59. The Balaban J connectivity index is 1.88. The lowest BCUT2D eigenvalue weighted by atomic mass is 9.83. The number of likely N-dealkylation sites (tertiary alicyclic amines) is 1. The van der Waals surface area contributed by atoms with Crippen LogP contribution in [0.1, 0.15) is 45.4 Å². The fourth-order valence-corrected chi connectivity index (χ4v) is 4.28. The van der Waals surface area contributed by atoms with E-state index in [1.807, 2.05) is 0 Å². The van der Waals surface area contributed by atoms with Gasteiger partial charge in [-0.3, -0.25) is 14.9 Å². The van der Waals surface area contributed by atoms with Crippen LogP contribution >= 0.6 is 22.6 Å². The van der Waals surface area contributed by atoms with Gasteiger partial charge in [-0.15, -0.1) is 0 Å². The molecule has 1 aliphatic heterocycles. The van der Waals surface area contributed by atoms with Crippen molar-refractivity contribution in [1.82, 2.24) is 10.1 Å². The molecule has 2 fully saturated rings. The Morgan fingerprint density at radius 2 is 2.15 bits per heavy atom. The Bertz CT molecular complexity index is 340. The van der Waals surface area contributed by atoms with E-state index in [4.69, 9.17) is 5.21 Å². The zero-order valence-corrected chi connectivity index (χ0v) is 14.2. The van der Waals surface area contributed by atoms with Crippen LogP contribution in [-0.2, 0) is 4.79 Å². The smallest absolute Gasteiger partial charge is 0.149 e. The van der Waals surface area contributed by atoms with Gasteiger partial charge < -0.3 is 10.4 Å². The number of piperidine rings is 1. The highest BCUT2D eigenvalue weighted by molar-refractivity contribution is 14.1. The molecule has 0 bridgehead atoms. The summed E-state index contributed by atoms with van der Waals surface area (Å²) < 4.78 is 0.132. The van der Waals surface area contributed by atoms with E-state index >= 15 is 0 Å². The van der Waals surface area contributed by atoms with Crippen LogP contribution in [0.3, 0.4) is 0 Å². The molecule has 20 heavy (non-hydrogen) atoms. The van der Waals surface area contributed by atoms with E-state index in [9.17, 15) is 10.0 Å². The summed E-state index contributed by atoms with van der Waals surface area (Å²) in [7, 11) is 0. The molecular formula is C14H24IN2O3-. The number of hydrogen-bond acceptors (Lipinski definition) is 5. The van der Waals surface area contributed by atoms with E-state index < -0.39 is 6.04 Å². The van der Waals surface area contributed by atoms with Crippen molar-refractivity contribution in [3.63, 3.8) is 0 Å². The molecule has 1 N–H and O–H groups in total. The first-order valence-electron chi connectivity index (χ1n) is 7.55. The molecule has 1 saturated heterocycles. The zero-order valence-electron chi connectivity index (χ0n) is 12.0. The summed E-state index contributed by atoms with van der Waals surface area (Å²) >= 11 is 2.20. The van der Waals surface area contributed by atoms with Gasteiger partial charge in [0.1, 0.15) is 5.78 Å². The molecule has 0 aromatic heterocycles. The first kappa shape index (κ1) is 16.6. The lowest BCUT2D eigenvalue weighted by Crippen LogP contribution is -2.46. The predicted molar refractivity (Wildman–Crippen MR) is 85.8 cm³/mol. The Morgan fingerprint density at radius 1 is 1.40 bits per heavy atom. The number of nitrogens with zero attached hydrogens (tertiary/aromatic N) is 2. The lowest BCUT2D eigenvalue weighted by molar-refractivity contribution is -0.130. The first-order chi connectivity index (χ1) is 9.49. The molecule has 5 nitrogen and oxygen atoms in total. The van der Waals surface area contributed by atoms with Crippen LogP contribution in [0.5, 0.6) is 0 Å². The second-order valence-electron chi connectivity index (χ2n) is 6.18. The summed E-state index contributed by atoms with van der Waals surface area (Å²) in [5, 5.41) is 20.4. The second-order valence-corrected chi connectivity index (χ2v) is 7.78. The van der Waals surface area contributed by atoms with Gasteiger partial charge in [0.25, 0.3) is 0 Å². The molecule has 116 valence electrons. The fourth-order valence-electron chi connectivity index (χ4n) is 3.35. The molecule has 1 aliphatic carbocycles. The third-order valence-electron chi connectivity index (χ3n) is 4.77. The van der Waals surface area contributed by atoms with Crippen molar-refractivity contribution in [1.29, 1.82) is 0 Å². The highest BCUT2D eigenvalue weighted by Gasteiger charge is 2.34. The van der Waals surface area contributed by atoms with Gasteiger partial charge in [0.15, 0.2) is 0 Å². The number of alkyl halides is 1. The highest BCUT2D eigenvalue weighted by atomic mass is 127. The molecule has 4 atom stereocenters. The zero-order chi connectivity index (χ0) is 14.7. The molecule has 0 spiro atoms. The quantitative estimate of drug-likeness (QED) is 0.450. The maximum Gasteiger partial charge on any atom is 0.149 e. The Morgan fingerprint density at radius 3 is 2.80 bits per heavy atom. The number of Topliss-reactive ketones (excluding diaryl/α,β-unsaturated/α-hetero) is 1. The summed E-state index contributed by atoms with van der Waals surface area (Å²) in [6.07, 6.45) is 5.76. The molecule has 2 rings (SSSR count). The minimum Gasteiger partial charge on any atom is -0.762 e. The molecule has 0 radical (unpaired) electrons. The molecule has 1 heterocycles. The molecule has 4 unspecified atom stereocenters.